The molecule has 1 saturated heterocycles. The van der Waals surface area contributed by atoms with Crippen LogP contribution in [0.25, 0.3) is 0 Å². The fraction of sp³-hybridized carbons (Fsp3) is 0.600. The molecule has 8 heavy (non-hydrogen) atoms. The number of hydroxylamine groups is 2. The average Bonchev–Trinajstić information content (AvgIpc) is 2.14. The second kappa shape index (κ2) is 2.13. The highest BCUT2D eigenvalue weighted by molar-refractivity contribution is 5.85. The van der Waals surface area contributed by atoms with Crippen molar-refractivity contribution in [3.05, 3.63) is 6.42 Å². The van der Waals surface area contributed by atoms with Crippen LogP contribution in [0.2, 0.25) is 0 Å². The molecule has 0 spiro atoms. The molecule has 1 rings (SSSR count). The highest BCUT2D eigenvalue weighted by atomic mass is 16.7. The number of hydrogen-bond donors (Lipinski definition) is 0. The van der Waals surface area contributed by atoms with Crippen LogP contribution >= 0.6 is 0 Å². The Bertz CT molecular complexity index is 103. The van der Waals surface area contributed by atoms with Crippen LogP contribution in [0.5, 0.6) is 0 Å². The summed E-state index contributed by atoms with van der Waals surface area (Å²) < 4.78 is 0. The summed E-state index contributed by atoms with van der Waals surface area (Å²) in [6, 6.07) is 0. The standard InChI is InChI=1S/C5H8NO2/c1-2-6-5(7)3-4-8-6/h3H,2,4H2,1H3. The van der Waals surface area contributed by atoms with E-state index >= 15 is 0 Å². The maximum absolute atomic E-state index is 10.6. The monoisotopic (exact) mass is 114 g/mol. The third-order valence-electron chi connectivity index (χ3n) is 1.02. The molecule has 3 nitrogen and oxygen atoms in total. The number of nitrogens with zero attached hydrogens (tertiary/aromatic N) is 1. The van der Waals surface area contributed by atoms with Crippen LogP contribution < -0.4 is 0 Å². The molecule has 1 amide bonds. The highest BCUT2D eigenvalue weighted by Gasteiger charge is 2.19. The lowest BCUT2D eigenvalue weighted by Crippen LogP contribution is -2.22. The normalized spacial score (nSPS) is 20.1. The van der Waals surface area contributed by atoms with E-state index in [1.54, 1.807) is 0 Å². The first-order valence-electron chi connectivity index (χ1n) is 2.62. The summed E-state index contributed by atoms with van der Waals surface area (Å²) in [4.78, 5) is 15.4. The van der Waals surface area contributed by atoms with Gasteiger partial charge in [-0.05, 0) is 6.92 Å². The van der Waals surface area contributed by atoms with Crippen LogP contribution in [0.4, 0.5) is 0 Å². The Labute approximate surface area is 48.2 Å². The third-order valence-corrected chi connectivity index (χ3v) is 1.02. The predicted octanol–water partition coefficient (Wildman–Crippen LogP) is -0.0156. The molecule has 0 atom stereocenters. The van der Waals surface area contributed by atoms with Gasteiger partial charge < -0.3 is 0 Å². The minimum absolute atomic E-state index is 0.0208. The van der Waals surface area contributed by atoms with E-state index in [1.807, 2.05) is 6.92 Å². The summed E-state index contributed by atoms with van der Waals surface area (Å²) >= 11 is 0. The van der Waals surface area contributed by atoms with E-state index < -0.39 is 0 Å². The number of carbonyl (C=O) groups excluding carboxylic acids is 1. The molecule has 0 aromatic heterocycles. The first kappa shape index (κ1) is 5.56. The molecular weight excluding hydrogens is 106 g/mol. The van der Waals surface area contributed by atoms with Crippen LogP contribution in [0.3, 0.4) is 0 Å². The number of rotatable bonds is 1. The topological polar surface area (TPSA) is 29.5 Å². The lowest BCUT2D eigenvalue weighted by molar-refractivity contribution is -0.159. The number of hydrogen-bond acceptors (Lipinski definition) is 2. The summed E-state index contributed by atoms with van der Waals surface area (Å²) in [5.41, 5.74) is 0. The van der Waals surface area contributed by atoms with Gasteiger partial charge in [0.1, 0.15) is 0 Å². The van der Waals surface area contributed by atoms with E-state index in [-0.39, 0.29) is 5.91 Å². The van der Waals surface area contributed by atoms with Gasteiger partial charge in [-0.1, -0.05) is 0 Å². The lowest BCUT2D eigenvalue weighted by Gasteiger charge is -2.08. The molecule has 0 bridgehead atoms. The van der Waals surface area contributed by atoms with Gasteiger partial charge in [0.25, 0.3) is 5.91 Å². The van der Waals surface area contributed by atoms with Gasteiger partial charge in [-0.2, -0.15) is 0 Å². The van der Waals surface area contributed by atoms with Crippen LogP contribution in [-0.2, 0) is 9.63 Å². The van der Waals surface area contributed by atoms with E-state index in [1.165, 1.54) is 11.5 Å². The zero-order valence-electron chi connectivity index (χ0n) is 4.76. The van der Waals surface area contributed by atoms with Crippen LogP contribution in [0, 0.1) is 6.42 Å². The van der Waals surface area contributed by atoms with Gasteiger partial charge in [0, 0.05) is 6.54 Å². The van der Waals surface area contributed by atoms with E-state index in [4.69, 9.17) is 4.84 Å². The maximum Gasteiger partial charge on any atom is 0.252 e. The van der Waals surface area contributed by atoms with Crippen molar-refractivity contribution in [2.45, 2.75) is 6.92 Å². The van der Waals surface area contributed by atoms with E-state index in [9.17, 15) is 4.79 Å². The molecule has 0 aliphatic carbocycles. The zero-order chi connectivity index (χ0) is 5.98. The fourth-order valence-corrected chi connectivity index (χ4v) is 0.611. The molecule has 0 N–H and O–H groups in total. The summed E-state index contributed by atoms with van der Waals surface area (Å²) in [5.74, 6) is -0.0208. The van der Waals surface area contributed by atoms with Gasteiger partial charge in [0.05, 0.1) is 13.0 Å². The average molecular weight is 114 g/mol. The van der Waals surface area contributed by atoms with Crippen LogP contribution in [0.1, 0.15) is 6.92 Å². The summed E-state index contributed by atoms with van der Waals surface area (Å²) in [6.45, 7) is 2.94. The van der Waals surface area contributed by atoms with Gasteiger partial charge in [-0.3, -0.25) is 9.63 Å². The van der Waals surface area contributed by atoms with E-state index in [0.717, 1.165) is 0 Å². The quantitative estimate of drug-likeness (QED) is 0.479. The molecule has 1 aliphatic heterocycles. The van der Waals surface area contributed by atoms with Gasteiger partial charge >= 0.3 is 0 Å². The second-order valence-electron chi connectivity index (χ2n) is 1.53. The third kappa shape index (κ3) is 0.816. The van der Waals surface area contributed by atoms with Crippen molar-refractivity contribution in [3.8, 4) is 0 Å². The first-order chi connectivity index (χ1) is 3.84. The van der Waals surface area contributed by atoms with Crippen molar-refractivity contribution >= 4 is 5.91 Å². The van der Waals surface area contributed by atoms with Gasteiger partial charge in [0.2, 0.25) is 0 Å². The molecule has 0 saturated carbocycles. The minimum Gasteiger partial charge on any atom is -0.272 e. The van der Waals surface area contributed by atoms with E-state index in [2.05, 4.69) is 0 Å². The van der Waals surface area contributed by atoms with Crippen LogP contribution in [-0.4, -0.2) is 24.1 Å². The van der Waals surface area contributed by atoms with Gasteiger partial charge in [-0.25, -0.2) is 5.06 Å². The highest BCUT2D eigenvalue weighted by Crippen LogP contribution is 2.02. The summed E-state index contributed by atoms with van der Waals surface area (Å²) in [7, 11) is 0. The van der Waals surface area contributed by atoms with Crippen molar-refractivity contribution in [2.75, 3.05) is 13.2 Å². The second-order valence-corrected chi connectivity index (χ2v) is 1.53. The number of amides is 1. The van der Waals surface area contributed by atoms with Crippen molar-refractivity contribution in [2.24, 2.45) is 0 Å². The SMILES string of the molecule is CCN1OC[CH]C1=O. The largest absolute Gasteiger partial charge is 0.272 e. The summed E-state index contributed by atoms with van der Waals surface area (Å²) in [5, 5.41) is 1.33. The molecule has 1 heterocycles. The van der Waals surface area contributed by atoms with Gasteiger partial charge in [0.15, 0.2) is 0 Å². The van der Waals surface area contributed by atoms with Gasteiger partial charge in [-0.15, -0.1) is 0 Å². The molecule has 1 aliphatic rings. The van der Waals surface area contributed by atoms with Crippen molar-refractivity contribution in [3.63, 3.8) is 0 Å². The van der Waals surface area contributed by atoms with Crippen molar-refractivity contribution in [1.29, 1.82) is 0 Å². The molecule has 1 radical (unpaired) electrons. The Morgan fingerprint density at radius 1 is 2.00 bits per heavy atom. The molecule has 0 aromatic rings. The predicted molar refractivity (Wildman–Crippen MR) is 27.6 cm³/mol. The summed E-state index contributed by atoms with van der Waals surface area (Å²) in [6.07, 6.45) is 1.52. The molecular formula is C5H8NO2. The van der Waals surface area contributed by atoms with Crippen LogP contribution in [0.15, 0.2) is 0 Å². The maximum atomic E-state index is 10.6. The smallest absolute Gasteiger partial charge is 0.252 e. The van der Waals surface area contributed by atoms with E-state index in [0.29, 0.717) is 13.2 Å². The minimum atomic E-state index is -0.0208. The first-order valence-corrected chi connectivity index (χ1v) is 2.62. The lowest BCUT2D eigenvalue weighted by atomic mass is 10.4. The Balaban J connectivity index is 2.42. The molecule has 45 valence electrons. The zero-order valence-corrected chi connectivity index (χ0v) is 4.76. The molecule has 1 fully saturated rings. The molecule has 3 heteroatoms. The number of carbonyl (C=O) groups is 1. The van der Waals surface area contributed by atoms with Crippen molar-refractivity contribution in [1.82, 2.24) is 5.06 Å². The molecule has 0 aromatic carbocycles. The fourth-order valence-electron chi connectivity index (χ4n) is 0.611. The van der Waals surface area contributed by atoms with Crippen molar-refractivity contribution < 1.29 is 9.63 Å². The molecule has 0 unspecified atom stereocenters. The Morgan fingerprint density at radius 2 is 2.75 bits per heavy atom. The Kier molecular flexibility index (Phi) is 1.48. The Hall–Kier alpha value is -0.570. The Morgan fingerprint density at radius 3 is 3.00 bits per heavy atom.